The first kappa shape index (κ1) is 39.2. The van der Waals surface area contributed by atoms with Crippen molar-refractivity contribution in [3.8, 4) is 0 Å². The van der Waals surface area contributed by atoms with E-state index < -0.39 is 0 Å². The largest absolute Gasteiger partial charge is 2.00 e. The molecule has 7 nitrogen and oxygen atoms in total. The van der Waals surface area contributed by atoms with Crippen molar-refractivity contribution in [1.82, 2.24) is 0 Å². The molecular formula is C21H34MoN3O4P-6. The van der Waals surface area contributed by atoms with E-state index in [0.29, 0.717) is 5.71 Å². The van der Waals surface area contributed by atoms with Crippen molar-refractivity contribution in [1.29, 1.82) is 5.41 Å². The normalized spacial score (nSPS) is 8.40. The van der Waals surface area contributed by atoms with Gasteiger partial charge in [-0.25, -0.2) is 0 Å². The predicted octanol–water partition coefficient (Wildman–Crippen LogP) is 4.26. The van der Waals surface area contributed by atoms with Gasteiger partial charge in [0.05, 0.1) is 5.71 Å². The molecule has 1 atom stereocenters. The van der Waals surface area contributed by atoms with Crippen LogP contribution in [0, 0.1) is 5.41 Å². The third-order valence-corrected chi connectivity index (χ3v) is 4.57. The van der Waals surface area contributed by atoms with E-state index >= 15 is 0 Å². The molecule has 0 fully saturated rings. The maximum atomic E-state index is 8.48. The SMILES string of the molecule is CCN(CC)c1ccc(C(=N)c2ccc(N(CC)CC)cc2)cc1.P.[Mo].[O-2].[O-2].[OH-].[OH-]. The van der Waals surface area contributed by atoms with E-state index in [2.05, 4.69) is 61.8 Å². The fourth-order valence-electron chi connectivity index (χ4n) is 3.02. The van der Waals surface area contributed by atoms with Crippen LogP contribution in [0.1, 0.15) is 38.8 Å². The molecule has 0 heterocycles. The van der Waals surface area contributed by atoms with Crippen molar-refractivity contribution < 1.29 is 43.0 Å². The molecule has 0 aliphatic heterocycles. The van der Waals surface area contributed by atoms with Gasteiger partial charge >= 0.3 is 0 Å². The number of hydrogen-bond donors (Lipinski definition) is 1. The Kier molecular flexibility index (Phi) is 25.6. The van der Waals surface area contributed by atoms with Gasteiger partial charge in [-0.05, 0) is 52.0 Å². The van der Waals surface area contributed by atoms with Crippen molar-refractivity contribution in [3.63, 3.8) is 0 Å². The molecule has 0 amide bonds. The molecule has 2 rings (SSSR count). The Hall–Kier alpha value is -1.33. The van der Waals surface area contributed by atoms with Gasteiger partial charge in [0.15, 0.2) is 0 Å². The zero-order valence-electron chi connectivity index (χ0n) is 18.2. The van der Waals surface area contributed by atoms with Crippen molar-refractivity contribution in [2.75, 3.05) is 36.0 Å². The molecule has 3 N–H and O–H groups in total. The van der Waals surface area contributed by atoms with Crippen LogP contribution < -0.4 is 9.80 Å². The van der Waals surface area contributed by atoms with E-state index in [1.807, 2.05) is 24.3 Å². The van der Waals surface area contributed by atoms with Crippen LogP contribution in [0.15, 0.2) is 48.5 Å². The van der Waals surface area contributed by atoms with E-state index in [1.165, 1.54) is 11.4 Å². The topological polar surface area (TPSA) is 147 Å². The Morgan fingerprint density at radius 3 is 1.07 bits per heavy atom. The molecule has 9 heteroatoms. The van der Waals surface area contributed by atoms with Crippen LogP contribution in [0.25, 0.3) is 0 Å². The fraction of sp³-hybridized carbons (Fsp3) is 0.381. The summed E-state index contributed by atoms with van der Waals surface area (Å²) < 4.78 is 0. The number of benzene rings is 2. The Labute approximate surface area is 198 Å². The molecule has 0 spiro atoms. The second-order valence-corrected chi connectivity index (χ2v) is 5.81. The minimum Gasteiger partial charge on any atom is -2.00 e. The molecule has 2 aromatic carbocycles. The summed E-state index contributed by atoms with van der Waals surface area (Å²) in [6.45, 7) is 12.7. The van der Waals surface area contributed by atoms with Crippen LogP contribution in [0.5, 0.6) is 0 Å². The predicted molar refractivity (Wildman–Crippen MR) is 122 cm³/mol. The van der Waals surface area contributed by atoms with Crippen LogP contribution in [-0.2, 0) is 32.0 Å². The van der Waals surface area contributed by atoms with Crippen molar-refractivity contribution in [3.05, 3.63) is 59.7 Å². The second-order valence-electron chi connectivity index (χ2n) is 5.81. The minimum atomic E-state index is 0. The van der Waals surface area contributed by atoms with Crippen molar-refractivity contribution >= 4 is 27.0 Å². The molecule has 0 saturated heterocycles. The van der Waals surface area contributed by atoms with E-state index in [4.69, 9.17) is 5.41 Å². The summed E-state index contributed by atoms with van der Waals surface area (Å²) >= 11 is 0. The average Bonchev–Trinajstić information content (AvgIpc) is 2.64. The minimum absolute atomic E-state index is 0. The first-order chi connectivity index (χ1) is 11.6. The van der Waals surface area contributed by atoms with Gasteiger partial charge in [-0.2, -0.15) is 9.90 Å². The van der Waals surface area contributed by atoms with Gasteiger partial charge in [-0.1, -0.05) is 24.3 Å². The maximum Gasteiger partial charge on any atom is 0.0684 e. The van der Waals surface area contributed by atoms with E-state index in [9.17, 15) is 0 Å². The summed E-state index contributed by atoms with van der Waals surface area (Å²) in [5, 5.41) is 8.48. The van der Waals surface area contributed by atoms with Crippen molar-refractivity contribution in [2.45, 2.75) is 27.7 Å². The molecule has 0 radical (unpaired) electrons. The van der Waals surface area contributed by atoms with Crippen LogP contribution in [0.2, 0.25) is 0 Å². The average molecular weight is 519 g/mol. The van der Waals surface area contributed by atoms with Crippen LogP contribution in [-0.4, -0.2) is 42.8 Å². The molecule has 1 unspecified atom stereocenters. The molecule has 174 valence electrons. The summed E-state index contributed by atoms with van der Waals surface area (Å²) in [5.74, 6) is 0. The zero-order chi connectivity index (χ0) is 17.5. The Bertz CT molecular complexity index is 607. The Morgan fingerprint density at radius 1 is 0.633 bits per heavy atom. The van der Waals surface area contributed by atoms with Gasteiger partial charge < -0.3 is 31.7 Å². The summed E-state index contributed by atoms with van der Waals surface area (Å²) in [7, 11) is 0. The maximum absolute atomic E-state index is 8.48. The molecule has 2 aromatic rings. The quantitative estimate of drug-likeness (QED) is 0.315. The smallest absolute Gasteiger partial charge is 0.0684 e. The Balaban J connectivity index is -0.000000347. The number of anilines is 2. The van der Waals surface area contributed by atoms with E-state index in [-0.39, 0.29) is 52.9 Å². The fourth-order valence-corrected chi connectivity index (χ4v) is 3.02. The molecule has 30 heavy (non-hydrogen) atoms. The molecule has 0 saturated carbocycles. The van der Waals surface area contributed by atoms with Crippen LogP contribution >= 0.6 is 9.90 Å². The third-order valence-electron chi connectivity index (χ3n) is 4.57. The molecule has 0 aromatic heterocycles. The standard InChI is InChI=1S/C21H29N3.Mo.2H2O.2O.H3P/c1-5-23(6-2)19-13-9-17(10-14-19)21(22)18-11-15-20(16-12-18)24(7-3)8-4;;;;;;/h9-16,22H,5-8H2,1-4H3;;2*1H2;;;1H3/q;;;;2*-2;/p-2. The first-order valence-corrected chi connectivity index (χ1v) is 8.93. The number of nitrogens with one attached hydrogen (secondary N) is 1. The van der Waals surface area contributed by atoms with Gasteiger partial charge in [-0.15, -0.1) is 0 Å². The third kappa shape index (κ3) is 9.65. The second kappa shape index (κ2) is 19.6. The zero-order valence-corrected chi connectivity index (χ0v) is 21.6. The number of nitrogens with zero attached hydrogens (tertiary/aromatic N) is 2. The summed E-state index contributed by atoms with van der Waals surface area (Å²) in [4.78, 5) is 4.62. The van der Waals surface area contributed by atoms with Gasteiger partial charge in [0.25, 0.3) is 0 Å². The van der Waals surface area contributed by atoms with Crippen molar-refractivity contribution in [2.24, 2.45) is 0 Å². The summed E-state index contributed by atoms with van der Waals surface area (Å²) in [5.41, 5.74) is 4.93. The van der Waals surface area contributed by atoms with Crippen LogP contribution in [0.4, 0.5) is 11.4 Å². The van der Waals surface area contributed by atoms with Gasteiger partial charge in [0.1, 0.15) is 0 Å². The van der Waals surface area contributed by atoms with Gasteiger partial charge in [-0.3, -0.25) is 5.41 Å². The monoisotopic (exact) mass is 521 g/mol. The number of rotatable bonds is 8. The molecule has 0 aliphatic carbocycles. The van der Waals surface area contributed by atoms with Gasteiger partial charge in [0.2, 0.25) is 0 Å². The molecular weight excluding hydrogens is 485 g/mol. The van der Waals surface area contributed by atoms with Crippen LogP contribution in [0.3, 0.4) is 0 Å². The first-order valence-electron chi connectivity index (χ1n) is 8.93. The van der Waals surface area contributed by atoms with Gasteiger partial charge in [0, 0.05) is 69.7 Å². The van der Waals surface area contributed by atoms with E-state index in [0.717, 1.165) is 37.3 Å². The molecule has 0 aliphatic rings. The summed E-state index contributed by atoms with van der Waals surface area (Å²) in [6.07, 6.45) is 0. The van der Waals surface area contributed by atoms with E-state index in [1.54, 1.807) is 0 Å². The summed E-state index contributed by atoms with van der Waals surface area (Å²) in [6, 6.07) is 16.6. The number of hydrogen-bond acceptors (Lipinski definition) is 5. The molecule has 0 bridgehead atoms. The Morgan fingerprint density at radius 2 is 0.867 bits per heavy atom.